The molecule has 0 atom stereocenters. The largest absolute Gasteiger partial charge is 0.368 e. The molecule has 1 aliphatic rings. The molecule has 2 rings (SSSR count). The van der Waals surface area contributed by atoms with Crippen LogP contribution in [0.25, 0.3) is 0 Å². The normalized spacial score (nSPS) is 14.4. The highest BCUT2D eigenvalue weighted by atomic mass is 16.2. The van der Waals surface area contributed by atoms with Crippen molar-refractivity contribution in [2.75, 3.05) is 37.6 Å². The lowest BCUT2D eigenvalue weighted by Gasteiger charge is -2.36. The number of anilines is 1. The Kier molecular flexibility index (Phi) is 6.78. The topological polar surface area (TPSA) is 69.7 Å². The Morgan fingerprint density at radius 2 is 1.71 bits per heavy atom. The third-order valence-electron chi connectivity index (χ3n) is 4.16. The van der Waals surface area contributed by atoms with Gasteiger partial charge in [-0.1, -0.05) is 31.5 Å². The third kappa shape index (κ3) is 5.08. The van der Waals surface area contributed by atoms with Crippen molar-refractivity contribution in [1.82, 2.24) is 10.2 Å². The van der Waals surface area contributed by atoms with E-state index in [0.717, 1.165) is 25.2 Å². The van der Waals surface area contributed by atoms with E-state index in [1.54, 1.807) is 4.90 Å². The number of nitrogens with zero attached hydrogens (tertiary/aromatic N) is 2. The summed E-state index contributed by atoms with van der Waals surface area (Å²) in [6.45, 7) is 4.62. The lowest BCUT2D eigenvalue weighted by atomic mass is 10.2. The zero-order valence-corrected chi connectivity index (χ0v) is 14.2. The molecule has 2 amide bonds. The molecule has 0 saturated carbocycles. The van der Waals surface area contributed by atoms with Gasteiger partial charge in [-0.15, -0.1) is 0 Å². The first-order valence-electron chi connectivity index (χ1n) is 8.50. The Labute approximate surface area is 142 Å². The summed E-state index contributed by atoms with van der Waals surface area (Å²) in [5.74, 6) is -1.24. The number of ketones is 1. The van der Waals surface area contributed by atoms with Gasteiger partial charge in [0.2, 0.25) is 11.7 Å². The Hall–Kier alpha value is -2.37. The van der Waals surface area contributed by atoms with Crippen LogP contribution in [0.15, 0.2) is 30.3 Å². The SMILES string of the molecule is CCCCC(=O)C(=O)NCC(=O)N1CCN(c2ccccc2)CC1. The van der Waals surface area contributed by atoms with Gasteiger partial charge in [-0.05, 0) is 18.6 Å². The van der Waals surface area contributed by atoms with Crippen LogP contribution in [-0.4, -0.2) is 55.2 Å². The van der Waals surface area contributed by atoms with Crippen LogP contribution in [0.4, 0.5) is 5.69 Å². The quantitative estimate of drug-likeness (QED) is 0.763. The van der Waals surface area contributed by atoms with Gasteiger partial charge in [0.25, 0.3) is 5.91 Å². The van der Waals surface area contributed by atoms with Crippen LogP contribution in [0.2, 0.25) is 0 Å². The van der Waals surface area contributed by atoms with Gasteiger partial charge >= 0.3 is 0 Å². The standard InChI is InChI=1S/C18H25N3O3/c1-2-3-9-16(22)18(24)19-14-17(23)21-12-10-20(11-13-21)15-7-5-4-6-8-15/h4-8H,2-3,9-14H2,1H3,(H,19,24). The summed E-state index contributed by atoms with van der Waals surface area (Å²) in [5, 5.41) is 2.44. The predicted octanol–water partition coefficient (Wildman–Crippen LogP) is 1.21. The molecule has 0 aliphatic carbocycles. The molecule has 6 heteroatoms. The number of Topliss-reactive ketones (excluding diaryl/α,β-unsaturated/α-hetero) is 1. The highest BCUT2D eigenvalue weighted by molar-refractivity contribution is 6.36. The molecule has 1 fully saturated rings. The highest BCUT2D eigenvalue weighted by Crippen LogP contribution is 2.15. The van der Waals surface area contributed by atoms with Crippen molar-refractivity contribution in [2.24, 2.45) is 0 Å². The van der Waals surface area contributed by atoms with Crippen molar-refractivity contribution in [3.05, 3.63) is 30.3 Å². The molecule has 1 saturated heterocycles. The summed E-state index contributed by atoms with van der Waals surface area (Å²) in [5.41, 5.74) is 1.15. The number of hydrogen-bond acceptors (Lipinski definition) is 4. The first-order chi connectivity index (χ1) is 11.6. The van der Waals surface area contributed by atoms with Gasteiger partial charge in [0, 0.05) is 38.3 Å². The molecule has 0 bridgehead atoms. The zero-order valence-electron chi connectivity index (χ0n) is 14.2. The van der Waals surface area contributed by atoms with Crippen LogP contribution < -0.4 is 10.2 Å². The van der Waals surface area contributed by atoms with Crippen LogP contribution in [0.1, 0.15) is 26.2 Å². The summed E-state index contributed by atoms with van der Waals surface area (Å²) >= 11 is 0. The summed E-state index contributed by atoms with van der Waals surface area (Å²) in [6.07, 6.45) is 1.80. The second kappa shape index (κ2) is 9.05. The van der Waals surface area contributed by atoms with Crippen molar-refractivity contribution >= 4 is 23.3 Å². The van der Waals surface area contributed by atoms with E-state index in [4.69, 9.17) is 0 Å². The van der Waals surface area contributed by atoms with Gasteiger partial charge in [-0.25, -0.2) is 0 Å². The Bertz CT molecular complexity index is 566. The number of unbranched alkanes of at least 4 members (excludes halogenated alkanes) is 1. The van der Waals surface area contributed by atoms with Crippen LogP contribution in [0.3, 0.4) is 0 Å². The summed E-state index contributed by atoms with van der Waals surface area (Å²) < 4.78 is 0. The van der Waals surface area contributed by atoms with Gasteiger partial charge in [0.15, 0.2) is 0 Å². The molecule has 130 valence electrons. The minimum Gasteiger partial charge on any atom is -0.368 e. The van der Waals surface area contributed by atoms with Crippen LogP contribution in [0.5, 0.6) is 0 Å². The van der Waals surface area contributed by atoms with Crippen LogP contribution >= 0.6 is 0 Å². The molecule has 1 heterocycles. The Morgan fingerprint density at radius 1 is 1.04 bits per heavy atom. The van der Waals surface area contributed by atoms with Crippen LogP contribution in [0, 0.1) is 0 Å². The molecule has 1 N–H and O–H groups in total. The average molecular weight is 331 g/mol. The molecule has 0 radical (unpaired) electrons. The van der Waals surface area contributed by atoms with E-state index >= 15 is 0 Å². The number of nitrogens with one attached hydrogen (secondary N) is 1. The highest BCUT2D eigenvalue weighted by Gasteiger charge is 2.22. The number of rotatable bonds is 7. The molecule has 0 aromatic heterocycles. The van der Waals surface area contributed by atoms with Crippen molar-refractivity contribution in [3.63, 3.8) is 0 Å². The first kappa shape index (κ1) is 18.0. The van der Waals surface area contributed by atoms with Crippen LogP contribution in [-0.2, 0) is 14.4 Å². The fraction of sp³-hybridized carbons (Fsp3) is 0.500. The molecule has 0 spiro atoms. The fourth-order valence-electron chi connectivity index (χ4n) is 2.67. The van der Waals surface area contributed by atoms with Crippen molar-refractivity contribution < 1.29 is 14.4 Å². The Balaban J connectivity index is 1.73. The lowest BCUT2D eigenvalue weighted by molar-refractivity contribution is -0.139. The molecule has 1 aromatic carbocycles. The predicted molar refractivity (Wildman–Crippen MR) is 92.8 cm³/mol. The monoisotopic (exact) mass is 331 g/mol. The minimum absolute atomic E-state index is 0.109. The molecule has 0 unspecified atom stereocenters. The minimum atomic E-state index is -0.653. The van der Waals surface area contributed by atoms with E-state index in [9.17, 15) is 14.4 Å². The molecule has 1 aliphatic heterocycles. The molecular formula is C18H25N3O3. The number of carbonyl (C=O) groups is 3. The third-order valence-corrected chi connectivity index (χ3v) is 4.16. The summed E-state index contributed by atoms with van der Waals surface area (Å²) in [7, 11) is 0. The zero-order chi connectivity index (χ0) is 17.4. The van der Waals surface area contributed by atoms with Crippen molar-refractivity contribution in [2.45, 2.75) is 26.2 Å². The van der Waals surface area contributed by atoms with E-state index in [0.29, 0.717) is 19.5 Å². The molecule has 1 aromatic rings. The average Bonchev–Trinajstić information content (AvgIpc) is 2.64. The first-order valence-corrected chi connectivity index (χ1v) is 8.50. The number of benzene rings is 1. The van der Waals surface area contributed by atoms with Crippen molar-refractivity contribution in [1.29, 1.82) is 0 Å². The van der Waals surface area contributed by atoms with E-state index < -0.39 is 11.7 Å². The lowest BCUT2D eigenvalue weighted by Crippen LogP contribution is -2.51. The van der Waals surface area contributed by atoms with Crippen molar-refractivity contribution in [3.8, 4) is 0 Å². The molecule has 24 heavy (non-hydrogen) atoms. The number of piperazine rings is 1. The number of amides is 2. The van der Waals surface area contributed by atoms with Gasteiger partial charge < -0.3 is 15.1 Å². The van der Waals surface area contributed by atoms with E-state index in [1.165, 1.54) is 0 Å². The molecular weight excluding hydrogens is 306 g/mol. The smallest absolute Gasteiger partial charge is 0.287 e. The van der Waals surface area contributed by atoms with Gasteiger partial charge in [-0.3, -0.25) is 14.4 Å². The number of carbonyl (C=O) groups excluding carboxylic acids is 3. The van der Waals surface area contributed by atoms with Gasteiger partial charge in [0.1, 0.15) is 0 Å². The number of hydrogen-bond donors (Lipinski definition) is 1. The summed E-state index contributed by atoms with van der Waals surface area (Å²) in [6, 6.07) is 10.1. The maximum absolute atomic E-state index is 12.2. The van der Waals surface area contributed by atoms with E-state index in [1.807, 2.05) is 25.1 Å². The summed E-state index contributed by atoms with van der Waals surface area (Å²) in [4.78, 5) is 39.3. The van der Waals surface area contributed by atoms with E-state index in [2.05, 4.69) is 22.3 Å². The maximum Gasteiger partial charge on any atom is 0.287 e. The van der Waals surface area contributed by atoms with E-state index in [-0.39, 0.29) is 18.9 Å². The fourth-order valence-corrected chi connectivity index (χ4v) is 2.67. The second-order valence-corrected chi connectivity index (χ2v) is 5.91. The maximum atomic E-state index is 12.2. The second-order valence-electron chi connectivity index (χ2n) is 5.91. The Morgan fingerprint density at radius 3 is 2.33 bits per heavy atom. The molecule has 6 nitrogen and oxygen atoms in total. The van der Waals surface area contributed by atoms with Gasteiger partial charge in [-0.2, -0.15) is 0 Å². The van der Waals surface area contributed by atoms with Gasteiger partial charge in [0.05, 0.1) is 6.54 Å². The number of para-hydroxylation sites is 1.